The molecule has 0 bridgehead atoms. The van der Waals surface area contributed by atoms with Gasteiger partial charge in [-0.3, -0.25) is 4.90 Å². The van der Waals surface area contributed by atoms with Gasteiger partial charge >= 0.3 is 0 Å². The number of anilines is 1. The maximum absolute atomic E-state index is 9.15. The van der Waals surface area contributed by atoms with Crippen LogP contribution in [0, 0.1) is 18.3 Å². The van der Waals surface area contributed by atoms with Crippen LogP contribution in [0.15, 0.2) is 12.1 Å². The van der Waals surface area contributed by atoms with Crippen molar-refractivity contribution in [1.82, 2.24) is 9.88 Å². The lowest BCUT2D eigenvalue weighted by Crippen LogP contribution is -2.49. The summed E-state index contributed by atoms with van der Waals surface area (Å²) in [6.07, 6.45) is 0. The molecule has 1 saturated heterocycles. The van der Waals surface area contributed by atoms with Gasteiger partial charge in [0, 0.05) is 37.9 Å². The molecule has 4 nitrogen and oxygen atoms in total. The second-order valence-electron chi connectivity index (χ2n) is 5.05. The zero-order chi connectivity index (χ0) is 13.1. The van der Waals surface area contributed by atoms with Crippen LogP contribution in [0.5, 0.6) is 0 Å². The molecule has 1 fully saturated rings. The molecule has 1 aromatic rings. The summed E-state index contributed by atoms with van der Waals surface area (Å²) >= 11 is 0. The molecule has 4 heteroatoms. The van der Waals surface area contributed by atoms with Gasteiger partial charge in [-0.05, 0) is 32.9 Å². The second kappa shape index (κ2) is 5.36. The summed E-state index contributed by atoms with van der Waals surface area (Å²) in [6.45, 7) is 10.4. The van der Waals surface area contributed by atoms with Crippen molar-refractivity contribution in [2.75, 3.05) is 31.1 Å². The Bertz CT molecular complexity index is 453. The van der Waals surface area contributed by atoms with E-state index in [1.54, 1.807) is 0 Å². The molecule has 0 spiro atoms. The van der Waals surface area contributed by atoms with Gasteiger partial charge in [0.25, 0.3) is 0 Å². The lowest BCUT2D eigenvalue weighted by Gasteiger charge is -2.37. The highest BCUT2D eigenvalue weighted by Gasteiger charge is 2.21. The third-order valence-corrected chi connectivity index (χ3v) is 3.48. The maximum atomic E-state index is 9.15. The molecule has 0 aliphatic carbocycles. The Labute approximate surface area is 109 Å². The molecule has 2 rings (SSSR count). The largest absolute Gasteiger partial charge is 0.353 e. The summed E-state index contributed by atoms with van der Waals surface area (Å²) in [5.41, 5.74) is 1.65. The lowest BCUT2D eigenvalue weighted by molar-refractivity contribution is 0.209. The minimum Gasteiger partial charge on any atom is -0.353 e. The predicted octanol–water partition coefficient (Wildman–Crippen LogP) is 1.79. The fraction of sp³-hybridized carbons (Fsp3) is 0.571. The number of aromatic nitrogens is 1. The first-order chi connectivity index (χ1) is 8.61. The molecular formula is C14H20N4. The van der Waals surface area contributed by atoms with Crippen LogP contribution in [-0.2, 0) is 0 Å². The molecule has 0 saturated carbocycles. The third-order valence-electron chi connectivity index (χ3n) is 3.48. The Morgan fingerprint density at radius 3 is 2.44 bits per heavy atom. The Hall–Kier alpha value is -1.60. The first-order valence-electron chi connectivity index (χ1n) is 6.48. The first kappa shape index (κ1) is 12.8. The van der Waals surface area contributed by atoms with Crippen LogP contribution in [0.2, 0.25) is 0 Å². The second-order valence-corrected chi connectivity index (χ2v) is 5.05. The topological polar surface area (TPSA) is 43.2 Å². The van der Waals surface area contributed by atoms with E-state index < -0.39 is 0 Å². The number of aryl methyl sites for hydroxylation is 1. The number of nitriles is 1. The number of nitrogens with zero attached hydrogens (tertiary/aromatic N) is 4. The summed E-state index contributed by atoms with van der Waals surface area (Å²) in [4.78, 5) is 9.21. The molecule has 0 aromatic carbocycles. The molecule has 1 aromatic heterocycles. The van der Waals surface area contributed by atoms with Gasteiger partial charge in [0.1, 0.15) is 11.9 Å². The van der Waals surface area contributed by atoms with Crippen molar-refractivity contribution in [3.63, 3.8) is 0 Å². The standard InChI is InChI=1S/C14H20N4/c1-11(2)17-6-8-18(9-7-17)14-13(10-15)5-4-12(3)16-14/h4-5,11H,6-9H2,1-3H3. The van der Waals surface area contributed by atoms with E-state index in [2.05, 4.69) is 34.7 Å². The Balaban J connectivity index is 2.14. The fourth-order valence-corrected chi connectivity index (χ4v) is 2.32. The Morgan fingerprint density at radius 1 is 1.22 bits per heavy atom. The van der Waals surface area contributed by atoms with Gasteiger partial charge in [-0.15, -0.1) is 0 Å². The predicted molar refractivity (Wildman–Crippen MR) is 72.6 cm³/mol. The molecule has 2 heterocycles. The van der Waals surface area contributed by atoms with E-state index in [1.807, 2.05) is 19.1 Å². The van der Waals surface area contributed by atoms with Crippen LogP contribution in [0.1, 0.15) is 25.1 Å². The van der Waals surface area contributed by atoms with E-state index in [9.17, 15) is 0 Å². The molecule has 1 aliphatic rings. The van der Waals surface area contributed by atoms with E-state index in [4.69, 9.17) is 5.26 Å². The summed E-state index contributed by atoms with van der Waals surface area (Å²) in [7, 11) is 0. The van der Waals surface area contributed by atoms with Gasteiger partial charge in [0.05, 0.1) is 5.56 Å². The first-order valence-corrected chi connectivity index (χ1v) is 6.48. The van der Waals surface area contributed by atoms with Gasteiger partial charge in [-0.1, -0.05) is 0 Å². The summed E-state index contributed by atoms with van der Waals surface area (Å²) in [5.74, 6) is 0.848. The highest BCUT2D eigenvalue weighted by molar-refractivity contribution is 5.54. The van der Waals surface area contributed by atoms with Crippen LogP contribution in [0.25, 0.3) is 0 Å². The monoisotopic (exact) mass is 244 g/mol. The SMILES string of the molecule is Cc1ccc(C#N)c(N2CCN(C(C)C)CC2)n1. The van der Waals surface area contributed by atoms with Crippen molar-refractivity contribution in [2.45, 2.75) is 26.8 Å². The van der Waals surface area contributed by atoms with Crippen LogP contribution >= 0.6 is 0 Å². The number of rotatable bonds is 2. The lowest BCUT2D eigenvalue weighted by atomic mass is 10.2. The molecule has 0 radical (unpaired) electrons. The van der Waals surface area contributed by atoms with Crippen LogP contribution < -0.4 is 4.90 Å². The molecular weight excluding hydrogens is 224 g/mol. The van der Waals surface area contributed by atoms with Crippen LogP contribution in [0.3, 0.4) is 0 Å². The minimum absolute atomic E-state index is 0.591. The van der Waals surface area contributed by atoms with Crippen molar-refractivity contribution < 1.29 is 0 Å². The minimum atomic E-state index is 0.591. The zero-order valence-electron chi connectivity index (χ0n) is 11.3. The quantitative estimate of drug-likeness (QED) is 0.795. The molecule has 0 amide bonds. The molecule has 0 N–H and O–H groups in total. The molecule has 0 atom stereocenters. The van der Waals surface area contributed by atoms with Crippen LogP contribution in [0.4, 0.5) is 5.82 Å². The van der Waals surface area contributed by atoms with Gasteiger partial charge in [-0.25, -0.2) is 4.98 Å². The van der Waals surface area contributed by atoms with Gasteiger partial charge in [0.15, 0.2) is 0 Å². The molecule has 18 heavy (non-hydrogen) atoms. The molecule has 0 unspecified atom stereocenters. The van der Waals surface area contributed by atoms with Gasteiger partial charge in [-0.2, -0.15) is 5.26 Å². The highest BCUT2D eigenvalue weighted by Crippen LogP contribution is 2.19. The summed E-state index contributed by atoms with van der Waals surface area (Å²) in [6, 6.07) is 6.59. The van der Waals surface area contributed by atoms with Gasteiger partial charge in [0.2, 0.25) is 0 Å². The van der Waals surface area contributed by atoms with E-state index in [0.717, 1.165) is 37.7 Å². The molecule has 1 aliphatic heterocycles. The van der Waals surface area contributed by atoms with Crippen molar-refractivity contribution in [3.8, 4) is 6.07 Å². The van der Waals surface area contributed by atoms with E-state index in [0.29, 0.717) is 11.6 Å². The van der Waals surface area contributed by atoms with Crippen molar-refractivity contribution in [1.29, 1.82) is 5.26 Å². The zero-order valence-corrected chi connectivity index (χ0v) is 11.3. The number of hydrogen-bond acceptors (Lipinski definition) is 4. The van der Waals surface area contributed by atoms with Crippen LogP contribution in [-0.4, -0.2) is 42.1 Å². The summed E-state index contributed by atoms with van der Waals surface area (Å²) < 4.78 is 0. The van der Waals surface area contributed by atoms with E-state index >= 15 is 0 Å². The van der Waals surface area contributed by atoms with Crippen molar-refractivity contribution in [2.24, 2.45) is 0 Å². The average Bonchev–Trinajstić information content (AvgIpc) is 2.39. The number of pyridine rings is 1. The summed E-state index contributed by atoms with van der Waals surface area (Å²) in [5, 5.41) is 9.15. The highest BCUT2D eigenvalue weighted by atomic mass is 15.3. The normalized spacial score (nSPS) is 16.9. The van der Waals surface area contributed by atoms with Crippen molar-refractivity contribution >= 4 is 5.82 Å². The van der Waals surface area contributed by atoms with E-state index in [1.165, 1.54) is 0 Å². The number of hydrogen-bond donors (Lipinski definition) is 0. The number of piperazine rings is 1. The maximum Gasteiger partial charge on any atom is 0.146 e. The van der Waals surface area contributed by atoms with E-state index in [-0.39, 0.29) is 0 Å². The molecule has 96 valence electrons. The Morgan fingerprint density at radius 2 is 1.89 bits per heavy atom. The van der Waals surface area contributed by atoms with Gasteiger partial charge < -0.3 is 4.90 Å². The Kier molecular flexibility index (Phi) is 3.83. The smallest absolute Gasteiger partial charge is 0.146 e. The van der Waals surface area contributed by atoms with Crippen molar-refractivity contribution in [3.05, 3.63) is 23.4 Å². The average molecular weight is 244 g/mol. The third kappa shape index (κ3) is 2.62. The fourth-order valence-electron chi connectivity index (χ4n) is 2.32.